The lowest BCUT2D eigenvalue weighted by atomic mass is 10.1. The van der Waals surface area contributed by atoms with Crippen LogP contribution in [0, 0.1) is 6.92 Å². The predicted octanol–water partition coefficient (Wildman–Crippen LogP) is 4.99. The highest BCUT2D eigenvalue weighted by Gasteiger charge is 2.37. The number of imide groups is 2. The summed E-state index contributed by atoms with van der Waals surface area (Å²) in [6, 6.07) is 15.2. The minimum Gasteiger partial charge on any atom is -0.497 e. The summed E-state index contributed by atoms with van der Waals surface area (Å²) in [7, 11) is 1.46. The Hall–Kier alpha value is -4.34. The lowest BCUT2D eigenvalue weighted by Gasteiger charge is -2.26. The van der Waals surface area contributed by atoms with Crippen LogP contribution in [-0.4, -0.2) is 37.5 Å². The molecule has 194 valence electrons. The van der Waals surface area contributed by atoms with Crippen molar-refractivity contribution in [3.63, 3.8) is 0 Å². The Labute approximate surface area is 227 Å². The molecule has 3 aromatic rings. The highest BCUT2D eigenvalue weighted by atomic mass is 35.5. The summed E-state index contributed by atoms with van der Waals surface area (Å²) in [4.78, 5) is 51.6. The van der Waals surface area contributed by atoms with Gasteiger partial charge in [-0.1, -0.05) is 35.3 Å². The fourth-order valence-electron chi connectivity index (χ4n) is 3.62. The van der Waals surface area contributed by atoms with Crippen molar-refractivity contribution in [3.8, 4) is 11.5 Å². The van der Waals surface area contributed by atoms with E-state index in [4.69, 9.17) is 32.7 Å². The van der Waals surface area contributed by atoms with E-state index in [0.717, 1.165) is 10.5 Å². The molecule has 1 aliphatic heterocycles. The van der Waals surface area contributed by atoms with Gasteiger partial charge >= 0.3 is 6.03 Å². The number of methoxy groups -OCH3 is 1. The van der Waals surface area contributed by atoms with Gasteiger partial charge in [-0.25, -0.2) is 9.69 Å². The molecule has 3 aromatic carbocycles. The molecular weight excluding hydrogens is 533 g/mol. The Balaban J connectivity index is 1.61. The molecule has 5 amide bonds. The molecule has 0 aromatic heterocycles. The number of aryl methyl sites for hydroxylation is 1. The van der Waals surface area contributed by atoms with Gasteiger partial charge in [0.15, 0.2) is 6.61 Å². The molecule has 0 bridgehead atoms. The Morgan fingerprint density at radius 1 is 1.03 bits per heavy atom. The van der Waals surface area contributed by atoms with Gasteiger partial charge < -0.3 is 14.8 Å². The number of amides is 5. The van der Waals surface area contributed by atoms with Crippen molar-refractivity contribution in [1.29, 1.82) is 0 Å². The lowest BCUT2D eigenvalue weighted by Crippen LogP contribution is -2.54. The van der Waals surface area contributed by atoms with Crippen LogP contribution in [0.4, 0.5) is 16.2 Å². The topological polar surface area (TPSA) is 114 Å². The fourth-order valence-corrected chi connectivity index (χ4v) is 3.91. The number of halogens is 2. The Morgan fingerprint density at radius 2 is 1.82 bits per heavy atom. The highest BCUT2D eigenvalue weighted by Crippen LogP contribution is 2.31. The number of barbiturate groups is 1. The smallest absolute Gasteiger partial charge is 0.335 e. The summed E-state index contributed by atoms with van der Waals surface area (Å²) < 4.78 is 11.0. The summed E-state index contributed by atoms with van der Waals surface area (Å²) in [5.41, 5.74) is 1.68. The molecule has 0 radical (unpaired) electrons. The third-order valence-corrected chi connectivity index (χ3v) is 6.18. The zero-order valence-electron chi connectivity index (χ0n) is 20.2. The van der Waals surface area contributed by atoms with Crippen LogP contribution in [0.15, 0.2) is 66.2 Å². The number of ether oxygens (including phenoxy) is 2. The number of benzene rings is 3. The molecule has 1 heterocycles. The molecule has 0 saturated carbocycles. The molecule has 9 nitrogen and oxygen atoms in total. The standard InChI is InChI=1S/C27H21Cl2N3O6/c1-15-4-3-5-17(10-15)30-24(33)14-38-23-13-19(37-2)8-6-16(23)11-20-25(34)31-27(36)32(26(20)35)18-7-9-21(28)22(29)12-18/h3-13H,14H2,1-2H3,(H,30,33)(H,31,34,36)/b20-11+. The first-order valence-electron chi connectivity index (χ1n) is 11.2. The molecule has 1 saturated heterocycles. The molecule has 0 spiro atoms. The average Bonchev–Trinajstić information content (AvgIpc) is 2.87. The van der Waals surface area contributed by atoms with Crippen LogP contribution in [-0.2, 0) is 14.4 Å². The van der Waals surface area contributed by atoms with Crippen LogP contribution in [0.5, 0.6) is 11.5 Å². The monoisotopic (exact) mass is 553 g/mol. The van der Waals surface area contributed by atoms with E-state index in [1.807, 2.05) is 25.1 Å². The largest absolute Gasteiger partial charge is 0.497 e. The second-order valence-corrected chi connectivity index (χ2v) is 8.98. The van der Waals surface area contributed by atoms with E-state index in [2.05, 4.69) is 10.6 Å². The number of hydrogen-bond donors (Lipinski definition) is 2. The molecule has 1 fully saturated rings. The average molecular weight is 554 g/mol. The van der Waals surface area contributed by atoms with Crippen molar-refractivity contribution < 1.29 is 28.7 Å². The number of urea groups is 1. The van der Waals surface area contributed by atoms with Crippen molar-refractivity contribution in [2.24, 2.45) is 0 Å². The van der Waals surface area contributed by atoms with Gasteiger partial charge in [0.1, 0.15) is 17.1 Å². The van der Waals surface area contributed by atoms with Gasteiger partial charge in [-0.3, -0.25) is 19.7 Å². The lowest BCUT2D eigenvalue weighted by molar-refractivity contribution is -0.122. The van der Waals surface area contributed by atoms with Gasteiger partial charge in [-0.05, 0) is 61.0 Å². The molecule has 38 heavy (non-hydrogen) atoms. The van der Waals surface area contributed by atoms with Crippen molar-refractivity contribution >= 4 is 64.4 Å². The quantitative estimate of drug-likeness (QED) is 0.314. The third kappa shape index (κ3) is 5.96. The van der Waals surface area contributed by atoms with Crippen molar-refractivity contribution in [1.82, 2.24) is 5.32 Å². The van der Waals surface area contributed by atoms with Crippen LogP contribution in [0.2, 0.25) is 10.0 Å². The van der Waals surface area contributed by atoms with Gasteiger partial charge in [0, 0.05) is 17.3 Å². The second-order valence-electron chi connectivity index (χ2n) is 8.17. The number of nitrogens with one attached hydrogen (secondary N) is 2. The normalized spacial score (nSPS) is 14.4. The minimum absolute atomic E-state index is 0.124. The van der Waals surface area contributed by atoms with Crippen LogP contribution in [0.1, 0.15) is 11.1 Å². The van der Waals surface area contributed by atoms with E-state index in [1.165, 1.54) is 37.5 Å². The first kappa shape index (κ1) is 26.7. The van der Waals surface area contributed by atoms with E-state index in [-0.39, 0.29) is 33.7 Å². The van der Waals surface area contributed by atoms with Crippen molar-refractivity contribution in [2.45, 2.75) is 6.92 Å². The maximum atomic E-state index is 13.2. The molecule has 1 aliphatic rings. The number of carbonyl (C=O) groups is 4. The van der Waals surface area contributed by atoms with E-state index >= 15 is 0 Å². The zero-order valence-corrected chi connectivity index (χ0v) is 21.7. The SMILES string of the molecule is COc1ccc(/C=C2\C(=O)NC(=O)N(c3ccc(Cl)c(Cl)c3)C2=O)c(OCC(=O)Nc2cccc(C)c2)c1. The van der Waals surface area contributed by atoms with Crippen LogP contribution >= 0.6 is 23.2 Å². The zero-order chi connectivity index (χ0) is 27.4. The Morgan fingerprint density at radius 3 is 2.53 bits per heavy atom. The van der Waals surface area contributed by atoms with Crippen molar-refractivity contribution in [3.05, 3.63) is 87.4 Å². The van der Waals surface area contributed by atoms with E-state index in [9.17, 15) is 19.2 Å². The van der Waals surface area contributed by atoms with E-state index in [1.54, 1.807) is 18.2 Å². The highest BCUT2D eigenvalue weighted by molar-refractivity contribution is 6.43. The van der Waals surface area contributed by atoms with Crippen molar-refractivity contribution in [2.75, 3.05) is 23.9 Å². The predicted molar refractivity (Wildman–Crippen MR) is 144 cm³/mol. The first-order chi connectivity index (χ1) is 18.2. The van der Waals surface area contributed by atoms with E-state index in [0.29, 0.717) is 17.0 Å². The molecule has 11 heteroatoms. The number of nitrogens with zero attached hydrogens (tertiary/aromatic N) is 1. The van der Waals surface area contributed by atoms with Gasteiger partial charge in [0.2, 0.25) is 0 Å². The van der Waals surface area contributed by atoms with Gasteiger partial charge in [-0.15, -0.1) is 0 Å². The van der Waals surface area contributed by atoms with Crippen LogP contribution in [0.3, 0.4) is 0 Å². The van der Waals surface area contributed by atoms with Gasteiger partial charge in [0.05, 0.1) is 22.8 Å². The molecule has 2 N–H and O–H groups in total. The van der Waals surface area contributed by atoms with Gasteiger partial charge in [-0.2, -0.15) is 0 Å². The van der Waals surface area contributed by atoms with Gasteiger partial charge in [0.25, 0.3) is 17.7 Å². The van der Waals surface area contributed by atoms with E-state index < -0.39 is 23.8 Å². The number of anilines is 2. The summed E-state index contributed by atoms with van der Waals surface area (Å²) in [5.74, 6) is -1.59. The minimum atomic E-state index is -0.936. The summed E-state index contributed by atoms with van der Waals surface area (Å²) in [5, 5.41) is 5.24. The maximum Gasteiger partial charge on any atom is 0.335 e. The maximum absolute atomic E-state index is 13.2. The Bertz CT molecular complexity index is 1490. The fraction of sp³-hybridized carbons (Fsp3) is 0.111. The third-order valence-electron chi connectivity index (χ3n) is 5.44. The summed E-state index contributed by atoms with van der Waals surface area (Å²) in [6.07, 6.45) is 1.27. The first-order valence-corrected chi connectivity index (χ1v) is 12.0. The number of rotatable bonds is 7. The second kappa shape index (κ2) is 11.4. The molecule has 0 unspecified atom stereocenters. The van der Waals surface area contributed by atoms with Crippen LogP contribution < -0.4 is 25.0 Å². The molecule has 4 rings (SSSR count). The number of hydrogen-bond acceptors (Lipinski definition) is 6. The molecule has 0 aliphatic carbocycles. The van der Waals surface area contributed by atoms with Crippen LogP contribution in [0.25, 0.3) is 6.08 Å². The molecular formula is C27H21Cl2N3O6. The summed E-state index contributed by atoms with van der Waals surface area (Å²) in [6.45, 7) is 1.55. The molecule has 0 atom stereocenters. The Kier molecular flexibility index (Phi) is 7.99. The number of carbonyl (C=O) groups excluding carboxylic acids is 4. The summed E-state index contributed by atoms with van der Waals surface area (Å²) >= 11 is 12.0.